The van der Waals surface area contributed by atoms with Gasteiger partial charge in [0.05, 0.1) is 12.5 Å². The molecule has 2 aliphatic heterocycles. The first-order chi connectivity index (χ1) is 24.9. The summed E-state index contributed by atoms with van der Waals surface area (Å²) >= 11 is 0. The highest BCUT2D eigenvalue weighted by molar-refractivity contribution is 5.97. The van der Waals surface area contributed by atoms with E-state index in [0.29, 0.717) is 31.2 Å². The lowest BCUT2D eigenvalue weighted by Crippen LogP contribution is -2.57. The fourth-order valence-corrected chi connectivity index (χ4v) is 6.23. The van der Waals surface area contributed by atoms with Gasteiger partial charge in [0.15, 0.2) is 0 Å². The first-order valence-corrected chi connectivity index (χ1v) is 17.5. The maximum Gasteiger partial charge on any atom is 0.246 e. The van der Waals surface area contributed by atoms with E-state index >= 15 is 0 Å². The van der Waals surface area contributed by atoms with Crippen molar-refractivity contribution in [3.63, 3.8) is 0 Å². The van der Waals surface area contributed by atoms with Crippen molar-refractivity contribution in [2.75, 3.05) is 19.6 Å². The highest BCUT2D eigenvalue weighted by Gasteiger charge is 2.38. The Kier molecular flexibility index (Phi) is 14.5. The van der Waals surface area contributed by atoms with Gasteiger partial charge in [0.1, 0.15) is 29.9 Å². The van der Waals surface area contributed by atoms with Crippen molar-refractivity contribution < 1.29 is 38.7 Å². The second-order valence-corrected chi connectivity index (χ2v) is 13.1. The van der Waals surface area contributed by atoms with Gasteiger partial charge in [-0.25, -0.2) is 0 Å². The van der Waals surface area contributed by atoms with Gasteiger partial charge in [-0.05, 0) is 61.8 Å². The molecule has 0 spiro atoms. The lowest BCUT2D eigenvalue weighted by Gasteiger charge is -2.29. The van der Waals surface area contributed by atoms with Crippen molar-refractivity contribution in [1.82, 2.24) is 31.5 Å². The van der Waals surface area contributed by atoms with Crippen LogP contribution in [0.3, 0.4) is 0 Å². The maximum absolute atomic E-state index is 13.7. The molecule has 0 aromatic heterocycles. The molecule has 2 fully saturated rings. The van der Waals surface area contributed by atoms with E-state index in [-0.39, 0.29) is 51.1 Å². The second-order valence-electron chi connectivity index (χ2n) is 13.1. The lowest BCUT2D eigenvalue weighted by molar-refractivity contribution is -0.142. The number of carbonyl (C=O) groups excluding carboxylic acids is 7. The highest BCUT2D eigenvalue weighted by atomic mass is 16.3. The van der Waals surface area contributed by atoms with Gasteiger partial charge in [0.2, 0.25) is 41.4 Å². The number of hydrogen-bond donors (Lipinski definition) is 8. The number of nitrogens with zero attached hydrogens (tertiary/aromatic N) is 1. The van der Waals surface area contributed by atoms with Crippen molar-refractivity contribution in [2.45, 2.75) is 88.0 Å². The van der Waals surface area contributed by atoms with Crippen LogP contribution in [0.2, 0.25) is 0 Å². The summed E-state index contributed by atoms with van der Waals surface area (Å²) in [4.78, 5) is 93.3. The Hall–Kier alpha value is -5.51. The van der Waals surface area contributed by atoms with Crippen molar-refractivity contribution in [2.24, 2.45) is 11.5 Å². The monoisotopic (exact) mass is 720 g/mol. The molecule has 2 aromatic carbocycles. The normalized spacial score (nSPS) is 23.1. The van der Waals surface area contributed by atoms with Crippen LogP contribution in [0.5, 0.6) is 5.75 Å². The van der Waals surface area contributed by atoms with Gasteiger partial charge in [-0.3, -0.25) is 33.6 Å². The molecule has 2 saturated heterocycles. The van der Waals surface area contributed by atoms with Gasteiger partial charge in [0.25, 0.3) is 0 Å². The number of nitrogens with one attached hydrogen (secondary N) is 5. The molecule has 2 heterocycles. The first-order valence-electron chi connectivity index (χ1n) is 17.5. The number of aromatic hydroxyl groups is 1. The number of benzene rings is 2. The Morgan fingerprint density at radius 2 is 1.58 bits per heavy atom. The zero-order valence-corrected chi connectivity index (χ0v) is 29.0. The van der Waals surface area contributed by atoms with Crippen LogP contribution in [0.1, 0.15) is 56.1 Å². The van der Waals surface area contributed by atoms with Crippen molar-refractivity contribution in [1.29, 1.82) is 0 Å². The summed E-state index contributed by atoms with van der Waals surface area (Å²) < 4.78 is 0. The molecule has 280 valence electrons. The fourth-order valence-electron chi connectivity index (χ4n) is 6.23. The lowest BCUT2D eigenvalue weighted by atomic mass is 10.0. The van der Waals surface area contributed by atoms with E-state index in [1.165, 1.54) is 17.0 Å². The Balaban J connectivity index is 1.50. The number of likely N-dealkylation sites (tertiary alicyclic amines) is 1. The van der Waals surface area contributed by atoms with Crippen LogP contribution in [0.15, 0.2) is 54.6 Å². The van der Waals surface area contributed by atoms with Crippen LogP contribution in [-0.4, -0.2) is 101 Å². The Bertz CT molecular complexity index is 1590. The Morgan fingerprint density at radius 1 is 0.846 bits per heavy atom. The van der Waals surface area contributed by atoms with E-state index in [9.17, 15) is 38.7 Å². The van der Waals surface area contributed by atoms with Crippen LogP contribution < -0.4 is 38.1 Å². The van der Waals surface area contributed by atoms with E-state index in [4.69, 9.17) is 11.5 Å². The van der Waals surface area contributed by atoms with E-state index in [1.54, 1.807) is 42.5 Å². The number of nitrogens with two attached hydrogens (primary N) is 2. The summed E-state index contributed by atoms with van der Waals surface area (Å²) in [5.41, 5.74) is 13.1. The molecule has 16 nitrogen and oxygen atoms in total. The minimum Gasteiger partial charge on any atom is -0.508 e. The molecule has 52 heavy (non-hydrogen) atoms. The van der Waals surface area contributed by atoms with Crippen LogP contribution in [0.25, 0.3) is 0 Å². The quantitative estimate of drug-likeness (QED) is 0.160. The summed E-state index contributed by atoms with van der Waals surface area (Å²) in [6.45, 7) is 0.309. The number of primary amides is 1. The smallest absolute Gasteiger partial charge is 0.246 e. The van der Waals surface area contributed by atoms with Crippen LogP contribution in [-0.2, 0) is 46.4 Å². The number of phenols is 1. The Morgan fingerprint density at radius 3 is 2.29 bits per heavy atom. The van der Waals surface area contributed by atoms with Gasteiger partial charge in [-0.15, -0.1) is 0 Å². The van der Waals surface area contributed by atoms with Crippen molar-refractivity contribution >= 4 is 41.4 Å². The highest BCUT2D eigenvalue weighted by Crippen LogP contribution is 2.19. The number of rotatable bonds is 8. The summed E-state index contributed by atoms with van der Waals surface area (Å²) in [6.07, 6.45) is 1.49. The second kappa shape index (κ2) is 19.2. The maximum atomic E-state index is 13.7. The van der Waals surface area contributed by atoms with Gasteiger partial charge >= 0.3 is 0 Å². The fraction of sp³-hybridized carbons (Fsp3) is 0.472. The molecule has 0 radical (unpaired) electrons. The molecule has 0 bridgehead atoms. The number of amides is 7. The van der Waals surface area contributed by atoms with Gasteiger partial charge in [-0.2, -0.15) is 0 Å². The van der Waals surface area contributed by atoms with E-state index in [0.717, 1.165) is 5.56 Å². The predicted octanol–water partition coefficient (Wildman–Crippen LogP) is -1.37. The minimum atomic E-state index is -1.34. The third-order valence-electron chi connectivity index (χ3n) is 9.06. The summed E-state index contributed by atoms with van der Waals surface area (Å²) in [5, 5.41) is 23.0. The third kappa shape index (κ3) is 11.8. The van der Waals surface area contributed by atoms with E-state index in [1.807, 2.05) is 0 Å². The molecule has 0 unspecified atom stereocenters. The molecule has 4 rings (SSSR count). The van der Waals surface area contributed by atoms with Gasteiger partial charge in [0, 0.05) is 32.5 Å². The molecular weight excluding hydrogens is 672 g/mol. The van der Waals surface area contributed by atoms with E-state index < -0.39 is 78.0 Å². The Labute approximate surface area is 301 Å². The molecule has 5 atom stereocenters. The molecule has 2 aliphatic rings. The largest absolute Gasteiger partial charge is 0.508 e. The summed E-state index contributed by atoms with van der Waals surface area (Å²) in [5.74, 6) is -4.16. The standard InChI is InChI=1S/C36H48N8O8/c37-25(19-23-11-13-24(45)14-12-23)33(49)42-26-9-4-5-16-39-31(47)21-28(36(52)44-18-6-10-29(44)32(38)48)43-35(51)27(20-22-7-2-1-3-8-22)41-30(46)15-17-40-34(26)50/h1-3,7-8,11-14,25-29,45H,4-6,9-10,15-21,37H2,(H2,38,48)(H,39,47)(H,40,50)(H,41,46)(H,42,49)(H,43,51)/t25-,26+,27-,28+,29-/m0/s1. The van der Waals surface area contributed by atoms with Crippen LogP contribution in [0.4, 0.5) is 0 Å². The molecule has 10 N–H and O–H groups in total. The predicted molar refractivity (Wildman–Crippen MR) is 189 cm³/mol. The molecular formula is C36H48N8O8. The average molecular weight is 721 g/mol. The van der Waals surface area contributed by atoms with Crippen LogP contribution >= 0.6 is 0 Å². The first kappa shape index (κ1) is 39.3. The number of phenolic OH excluding ortho intramolecular Hbond substituents is 1. The SMILES string of the molecule is NC(=O)[C@@H]1CCCN1C(=O)[C@H]1CC(=O)NCCCC[C@@H](NC(=O)[C@@H](N)Cc2ccc(O)cc2)C(=O)NCCC(=O)N[C@@H](Cc2ccccc2)C(=O)N1. The summed E-state index contributed by atoms with van der Waals surface area (Å²) in [7, 11) is 0. The zero-order valence-electron chi connectivity index (χ0n) is 29.0. The van der Waals surface area contributed by atoms with Crippen LogP contribution in [0, 0.1) is 0 Å². The van der Waals surface area contributed by atoms with Gasteiger partial charge in [-0.1, -0.05) is 42.5 Å². The molecule has 7 amide bonds. The molecule has 0 aliphatic carbocycles. The number of carbonyl (C=O) groups is 7. The molecule has 0 saturated carbocycles. The zero-order chi connectivity index (χ0) is 37.6. The van der Waals surface area contributed by atoms with Gasteiger partial charge < -0.3 is 48.1 Å². The average Bonchev–Trinajstić information content (AvgIpc) is 3.62. The number of hydrogen-bond acceptors (Lipinski definition) is 9. The molecule has 2 aromatic rings. The molecule has 16 heteroatoms. The minimum absolute atomic E-state index is 0.0595. The van der Waals surface area contributed by atoms with E-state index in [2.05, 4.69) is 26.6 Å². The summed E-state index contributed by atoms with van der Waals surface area (Å²) in [6, 6.07) is 9.78. The van der Waals surface area contributed by atoms with Crippen molar-refractivity contribution in [3.8, 4) is 5.75 Å². The van der Waals surface area contributed by atoms with Crippen molar-refractivity contribution in [3.05, 3.63) is 65.7 Å². The topological polar surface area (TPSA) is 255 Å². The third-order valence-corrected chi connectivity index (χ3v) is 9.06.